The summed E-state index contributed by atoms with van der Waals surface area (Å²) in [4.78, 5) is 2.62. The first-order valence-electron chi connectivity index (χ1n) is 6.50. The first-order chi connectivity index (χ1) is 7.09. The molecule has 2 fully saturated rings. The van der Waals surface area contributed by atoms with E-state index in [1.165, 1.54) is 45.3 Å². The summed E-state index contributed by atoms with van der Waals surface area (Å²) in [6.45, 7) is 8.52. The van der Waals surface area contributed by atoms with Gasteiger partial charge in [-0.1, -0.05) is 13.8 Å². The van der Waals surface area contributed by atoms with Gasteiger partial charge < -0.3 is 10.2 Å². The Hall–Kier alpha value is -0.0800. The predicted octanol–water partition coefficient (Wildman–Crippen LogP) is 2.11. The molecule has 0 radical (unpaired) electrons. The summed E-state index contributed by atoms with van der Waals surface area (Å²) >= 11 is 0. The van der Waals surface area contributed by atoms with E-state index in [2.05, 4.69) is 31.1 Å². The third kappa shape index (κ3) is 2.73. The van der Waals surface area contributed by atoms with Gasteiger partial charge in [-0.3, -0.25) is 0 Å². The molecule has 1 heterocycles. The molecule has 2 aliphatic rings. The maximum Gasteiger partial charge on any atom is 0.00950 e. The highest BCUT2D eigenvalue weighted by atomic mass is 15.1. The van der Waals surface area contributed by atoms with Gasteiger partial charge in [0.25, 0.3) is 0 Å². The molecule has 2 rings (SSSR count). The smallest absolute Gasteiger partial charge is 0.00950 e. The lowest BCUT2D eigenvalue weighted by Crippen LogP contribution is -2.40. The number of hydrogen-bond acceptors (Lipinski definition) is 2. The van der Waals surface area contributed by atoms with Crippen molar-refractivity contribution in [1.29, 1.82) is 0 Å². The molecule has 88 valence electrons. The Balaban J connectivity index is 1.83. The van der Waals surface area contributed by atoms with Crippen molar-refractivity contribution in [3.05, 3.63) is 0 Å². The SMILES string of the molecule is CC1CCC(N(C)CC2(C)CCNC2)C1. The van der Waals surface area contributed by atoms with Crippen LogP contribution in [0.4, 0.5) is 0 Å². The van der Waals surface area contributed by atoms with Crippen LogP contribution in [0.5, 0.6) is 0 Å². The average Bonchev–Trinajstić information content (AvgIpc) is 2.75. The van der Waals surface area contributed by atoms with Gasteiger partial charge in [0.15, 0.2) is 0 Å². The third-order valence-corrected chi connectivity index (χ3v) is 4.38. The fourth-order valence-corrected chi connectivity index (χ4v) is 3.31. The fourth-order valence-electron chi connectivity index (χ4n) is 3.31. The molecular formula is C13H26N2. The molecule has 1 saturated heterocycles. The van der Waals surface area contributed by atoms with Gasteiger partial charge in [0.1, 0.15) is 0 Å². The van der Waals surface area contributed by atoms with Crippen LogP contribution in [0.15, 0.2) is 0 Å². The van der Waals surface area contributed by atoms with Crippen LogP contribution in [-0.2, 0) is 0 Å². The minimum atomic E-state index is 0.528. The third-order valence-electron chi connectivity index (χ3n) is 4.38. The van der Waals surface area contributed by atoms with Gasteiger partial charge >= 0.3 is 0 Å². The molecule has 0 spiro atoms. The van der Waals surface area contributed by atoms with Crippen LogP contribution in [0.1, 0.15) is 39.5 Å². The topological polar surface area (TPSA) is 15.3 Å². The summed E-state index contributed by atoms with van der Waals surface area (Å²) in [5, 5.41) is 3.49. The predicted molar refractivity (Wildman–Crippen MR) is 65.0 cm³/mol. The van der Waals surface area contributed by atoms with Crippen molar-refractivity contribution in [1.82, 2.24) is 10.2 Å². The first-order valence-corrected chi connectivity index (χ1v) is 6.50. The van der Waals surface area contributed by atoms with E-state index in [0.29, 0.717) is 5.41 Å². The minimum Gasteiger partial charge on any atom is -0.316 e. The van der Waals surface area contributed by atoms with Crippen molar-refractivity contribution in [2.75, 3.05) is 26.7 Å². The van der Waals surface area contributed by atoms with Gasteiger partial charge in [-0.25, -0.2) is 0 Å². The summed E-state index contributed by atoms with van der Waals surface area (Å²) in [6.07, 6.45) is 5.62. The summed E-state index contributed by atoms with van der Waals surface area (Å²) in [5.41, 5.74) is 0.528. The Labute approximate surface area is 94.4 Å². The summed E-state index contributed by atoms with van der Waals surface area (Å²) < 4.78 is 0. The van der Waals surface area contributed by atoms with E-state index >= 15 is 0 Å². The molecule has 2 heteroatoms. The van der Waals surface area contributed by atoms with Crippen LogP contribution in [-0.4, -0.2) is 37.6 Å². The molecule has 15 heavy (non-hydrogen) atoms. The van der Waals surface area contributed by atoms with Gasteiger partial charge in [0.2, 0.25) is 0 Å². The minimum absolute atomic E-state index is 0.528. The molecular weight excluding hydrogens is 184 g/mol. The molecule has 0 bridgehead atoms. The lowest BCUT2D eigenvalue weighted by atomic mass is 9.89. The Morgan fingerprint density at radius 1 is 1.40 bits per heavy atom. The van der Waals surface area contributed by atoms with Crippen molar-refractivity contribution in [2.45, 2.75) is 45.6 Å². The van der Waals surface area contributed by atoms with Crippen molar-refractivity contribution >= 4 is 0 Å². The molecule has 1 saturated carbocycles. The highest BCUT2D eigenvalue weighted by molar-refractivity contribution is 4.89. The molecule has 0 aromatic rings. The van der Waals surface area contributed by atoms with E-state index in [1.54, 1.807) is 0 Å². The Kier molecular flexibility index (Phi) is 3.36. The maximum absolute atomic E-state index is 3.49. The van der Waals surface area contributed by atoms with Crippen molar-refractivity contribution in [3.8, 4) is 0 Å². The van der Waals surface area contributed by atoms with E-state index in [1.807, 2.05) is 0 Å². The zero-order valence-electron chi connectivity index (χ0n) is 10.6. The van der Waals surface area contributed by atoms with Gasteiger partial charge in [-0.05, 0) is 50.6 Å². The summed E-state index contributed by atoms with van der Waals surface area (Å²) in [7, 11) is 2.33. The average molecular weight is 210 g/mol. The van der Waals surface area contributed by atoms with E-state index in [-0.39, 0.29) is 0 Å². The largest absolute Gasteiger partial charge is 0.316 e. The highest BCUT2D eigenvalue weighted by Crippen LogP contribution is 2.32. The molecule has 0 aromatic heterocycles. The van der Waals surface area contributed by atoms with Crippen LogP contribution in [0.25, 0.3) is 0 Å². The number of nitrogens with one attached hydrogen (secondary N) is 1. The Morgan fingerprint density at radius 2 is 2.20 bits per heavy atom. The standard InChI is InChI=1S/C13H26N2/c1-11-4-5-12(8-11)15(3)10-13(2)6-7-14-9-13/h11-12,14H,4-10H2,1-3H3. The molecule has 3 atom stereocenters. The molecule has 0 aromatic carbocycles. The van der Waals surface area contributed by atoms with E-state index in [4.69, 9.17) is 0 Å². The van der Waals surface area contributed by atoms with Crippen molar-refractivity contribution in [3.63, 3.8) is 0 Å². The van der Waals surface area contributed by atoms with Gasteiger partial charge in [-0.2, -0.15) is 0 Å². The molecule has 1 aliphatic heterocycles. The molecule has 1 N–H and O–H groups in total. The summed E-state index contributed by atoms with van der Waals surface area (Å²) in [6, 6.07) is 0.859. The second kappa shape index (κ2) is 4.42. The lowest BCUT2D eigenvalue weighted by molar-refractivity contribution is 0.159. The fraction of sp³-hybridized carbons (Fsp3) is 1.00. The van der Waals surface area contributed by atoms with Crippen LogP contribution >= 0.6 is 0 Å². The Bertz CT molecular complexity index is 209. The second-order valence-corrected chi connectivity index (χ2v) is 6.22. The maximum atomic E-state index is 3.49. The van der Waals surface area contributed by atoms with Crippen molar-refractivity contribution < 1.29 is 0 Å². The highest BCUT2D eigenvalue weighted by Gasteiger charge is 2.33. The molecule has 3 unspecified atom stereocenters. The van der Waals surface area contributed by atoms with Crippen LogP contribution < -0.4 is 5.32 Å². The zero-order chi connectivity index (χ0) is 10.9. The number of nitrogens with zero attached hydrogens (tertiary/aromatic N) is 1. The quantitative estimate of drug-likeness (QED) is 0.767. The normalized spacial score (nSPS) is 41.6. The van der Waals surface area contributed by atoms with Gasteiger partial charge in [-0.15, -0.1) is 0 Å². The summed E-state index contributed by atoms with van der Waals surface area (Å²) in [5.74, 6) is 0.951. The number of hydrogen-bond donors (Lipinski definition) is 1. The number of rotatable bonds is 3. The van der Waals surface area contributed by atoms with Crippen LogP contribution in [0.2, 0.25) is 0 Å². The van der Waals surface area contributed by atoms with Gasteiger partial charge in [0.05, 0.1) is 0 Å². The second-order valence-electron chi connectivity index (χ2n) is 6.22. The van der Waals surface area contributed by atoms with Crippen molar-refractivity contribution in [2.24, 2.45) is 11.3 Å². The molecule has 1 aliphatic carbocycles. The van der Waals surface area contributed by atoms with Gasteiger partial charge in [0, 0.05) is 19.1 Å². The van der Waals surface area contributed by atoms with E-state index in [9.17, 15) is 0 Å². The van der Waals surface area contributed by atoms with E-state index < -0.39 is 0 Å². The Morgan fingerprint density at radius 3 is 2.73 bits per heavy atom. The monoisotopic (exact) mass is 210 g/mol. The molecule has 2 nitrogen and oxygen atoms in total. The lowest BCUT2D eigenvalue weighted by Gasteiger charge is -2.33. The van der Waals surface area contributed by atoms with Crippen LogP contribution in [0, 0.1) is 11.3 Å². The first kappa shape index (κ1) is 11.4. The zero-order valence-corrected chi connectivity index (χ0v) is 10.6. The van der Waals surface area contributed by atoms with E-state index in [0.717, 1.165) is 12.0 Å². The van der Waals surface area contributed by atoms with Crippen LogP contribution in [0.3, 0.4) is 0 Å². The molecule has 0 amide bonds.